The third-order valence-corrected chi connectivity index (χ3v) is 2.56. The molecule has 1 aromatic carbocycles. The van der Waals surface area contributed by atoms with Crippen molar-refractivity contribution in [1.82, 2.24) is 9.99 Å². The van der Waals surface area contributed by atoms with Crippen LogP contribution in [0.1, 0.15) is 15.9 Å². The van der Waals surface area contributed by atoms with Crippen LogP contribution >= 0.6 is 0 Å². The Morgan fingerprint density at radius 2 is 2.05 bits per heavy atom. The quantitative estimate of drug-likeness (QED) is 0.683. The number of nitrogens with one attached hydrogen (secondary N) is 1. The molecule has 0 saturated carbocycles. The Hall–Kier alpha value is -2.69. The van der Waals surface area contributed by atoms with Gasteiger partial charge < -0.3 is 10.3 Å². The lowest BCUT2D eigenvalue weighted by molar-refractivity contribution is 0.102. The van der Waals surface area contributed by atoms with Crippen LogP contribution in [-0.4, -0.2) is 36.2 Å². The lowest BCUT2D eigenvalue weighted by atomic mass is 10.2. The summed E-state index contributed by atoms with van der Waals surface area (Å²) >= 11 is 0. The van der Waals surface area contributed by atoms with Gasteiger partial charge in [0.2, 0.25) is 0 Å². The summed E-state index contributed by atoms with van der Waals surface area (Å²) in [7, 11) is 3.68. The van der Waals surface area contributed by atoms with Gasteiger partial charge in [0.1, 0.15) is 0 Å². The van der Waals surface area contributed by atoms with Gasteiger partial charge in [0, 0.05) is 37.7 Å². The fraction of sp³-hybridized carbons (Fsp3) is 0.133. The lowest BCUT2D eigenvalue weighted by Crippen LogP contribution is -2.13. The van der Waals surface area contributed by atoms with Gasteiger partial charge in [-0.2, -0.15) is 5.10 Å². The van der Waals surface area contributed by atoms with Crippen LogP contribution in [0.25, 0.3) is 0 Å². The van der Waals surface area contributed by atoms with Crippen LogP contribution in [0.5, 0.6) is 0 Å². The summed E-state index contributed by atoms with van der Waals surface area (Å²) in [6.07, 6.45) is 4.87. The highest BCUT2D eigenvalue weighted by atomic mass is 16.1. The first-order valence-electron chi connectivity index (χ1n) is 6.18. The molecule has 0 unspecified atom stereocenters. The fourth-order valence-electron chi connectivity index (χ4n) is 1.59. The van der Waals surface area contributed by atoms with Crippen LogP contribution in [0.3, 0.4) is 0 Å². The van der Waals surface area contributed by atoms with E-state index in [2.05, 4.69) is 15.4 Å². The molecule has 2 aromatic rings. The molecule has 0 bridgehead atoms. The van der Waals surface area contributed by atoms with E-state index in [0.29, 0.717) is 11.3 Å². The second-order valence-electron chi connectivity index (χ2n) is 4.37. The van der Waals surface area contributed by atoms with E-state index >= 15 is 0 Å². The van der Waals surface area contributed by atoms with Gasteiger partial charge in [-0.25, -0.2) is 0 Å². The van der Waals surface area contributed by atoms with Crippen LogP contribution in [-0.2, 0) is 0 Å². The highest BCUT2D eigenvalue weighted by Gasteiger charge is 2.07. The van der Waals surface area contributed by atoms with Crippen molar-refractivity contribution in [2.45, 2.75) is 0 Å². The van der Waals surface area contributed by atoms with Crippen LogP contribution in [0.2, 0.25) is 0 Å². The summed E-state index contributed by atoms with van der Waals surface area (Å²) in [5.41, 5.74) is 2.08. The summed E-state index contributed by atoms with van der Waals surface area (Å²) in [5.74, 6) is -0.191. The van der Waals surface area contributed by atoms with Gasteiger partial charge in [-0.3, -0.25) is 9.78 Å². The summed E-state index contributed by atoms with van der Waals surface area (Å²) in [4.78, 5) is 16.0. The summed E-state index contributed by atoms with van der Waals surface area (Å²) in [6, 6.07) is 11.0. The van der Waals surface area contributed by atoms with Gasteiger partial charge >= 0.3 is 0 Å². The first kappa shape index (κ1) is 13.7. The van der Waals surface area contributed by atoms with Crippen LogP contribution in [0.15, 0.2) is 53.9 Å². The van der Waals surface area contributed by atoms with Crippen LogP contribution < -0.4 is 5.32 Å². The van der Waals surface area contributed by atoms with Crippen molar-refractivity contribution in [2.75, 3.05) is 19.4 Å². The van der Waals surface area contributed by atoms with Crippen molar-refractivity contribution in [3.8, 4) is 0 Å². The molecule has 0 saturated heterocycles. The maximum absolute atomic E-state index is 12.1. The second kappa shape index (κ2) is 6.47. The van der Waals surface area contributed by atoms with Crippen LogP contribution in [0, 0.1) is 0 Å². The van der Waals surface area contributed by atoms with E-state index in [9.17, 15) is 4.79 Å². The lowest BCUT2D eigenvalue weighted by Gasteiger charge is -2.09. The molecule has 2 rings (SSSR count). The average Bonchev–Trinajstić information content (AvgIpc) is 2.47. The SMILES string of the molecule is CN(C)N=Cc1ccccc1NC(=O)c1cccnc1. The largest absolute Gasteiger partial charge is 0.321 e. The number of hydrogen-bond donors (Lipinski definition) is 1. The number of aromatic nitrogens is 1. The Kier molecular flexibility index (Phi) is 4.44. The molecule has 1 amide bonds. The standard InChI is InChI=1S/C15H16N4O/c1-19(2)17-11-12-6-3-4-8-14(12)18-15(20)13-7-5-9-16-10-13/h3-11H,1-2H3,(H,18,20). The second-order valence-corrected chi connectivity index (χ2v) is 4.37. The third kappa shape index (κ3) is 3.65. The minimum Gasteiger partial charge on any atom is -0.321 e. The zero-order chi connectivity index (χ0) is 14.4. The van der Waals surface area contributed by atoms with Gasteiger partial charge in [0.05, 0.1) is 11.8 Å². The molecule has 0 spiro atoms. The third-order valence-electron chi connectivity index (χ3n) is 2.56. The van der Waals surface area contributed by atoms with E-state index < -0.39 is 0 Å². The Labute approximate surface area is 118 Å². The molecule has 0 atom stereocenters. The van der Waals surface area contributed by atoms with Crippen molar-refractivity contribution in [1.29, 1.82) is 0 Å². The van der Waals surface area contributed by atoms with Gasteiger partial charge in [0.25, 0.3) is 5.91 Å². The Bertz CT molecular complexity index is 608. The molecule has 1 N–H and O–H groups in total. The number of rotatable bonds is 4. The molecule has 1 heterocycles. The first-order valence-corrected chi connectivity index (χ1v) is 6.18. The smallest absolute Gasteiger partial charge is 0.257 e. The van der Waals surface area contributed by atoms with E-state index in [1.807, 2.05) is 38.4 Å². The summed E-state index contributed by atoms with van der Waals surface area (Å²) < 4.78 is 0. The van der Waals surface area contributed by atoms with Crippen molar-refractivity contribution < 1.29 is 4.79 Å². The van der Waals surface area contributed by atoms with E-state index in [4.69, 9.17) is 0 Å². The average molecular weight is 268 g/mol. The molecule has 102 valence electrons. The molecule has 0 aliphatic rings. The summed E-state index contributed by atoms with van der Waals surface area (Å²) in [5, 5.41) is 8.74. The Morgan fingerprint density at radius 1 is 1.25 bits per heavy atom. The van der Waals surface area contributed by atoms with Crippen molar-refractivity contribution in [3.63, 3.8) is 0 Å². The van der Waals surface area contributed by atoms with E-state index in [-0.39, 0.29) is 5.91 Å². The normalized spacial score (nSPS) is 10.5. The fourth-order valence-corrected chi connectivity index (χ4v) is 1.59. The van der Waals surface area contributed by atoms with Gasteiger partial charge in [-0.05, 0) is 18.2 Å². The van der Waals surface area contributed by atoms with Gasteiger partial charge in [-0.15, -0.1) is 0 Å². The molecular formula is C15H16N4O. The molecule has 1 aromatic heterocycles. The topological polar surface area (TPSA) is 57.6 Å². The first-order chi connectivity index (χ1) is 9.66. The highest BCUT2D eigenvalue weighted by molar-refractivity contribution is 6.06. The zero-order valence-electron chi connectivity index (χ0n) is 11.4. The van der Waals surface area contributed by atoms with E-state index in [0.717, 1.165) is 5.56 Å². The molecule has 5 nitrogen and oxygen atoms in total. The predicted molar refractivity (Wildman–Crippen MR) is 79.9 cm³/mol. The summed E-state index contributed by atoms with van der Waals surface area (Å²) in [6.45, 7) is 0. The molecule has 0 radical (unpaired) electrons. The number of hydrazone groups is 1. The number of benzene rings is 1. The molecule has 5 heteroatoms. The molecule has 0 aliphatic carbocycles. The van der Waals surface area contributed by atoms with Gasteiger partial charge in [-0.1, -0.05) is 18.2 Å². The van der Waals surface area contributed by atoms with E-state index in [1.54, 1.807) is 29.6 Å². The minimum atomic E-state index is -0.191. The number of anilines is 1. The monoisotopic (exact) mass is 268 g/mol. The van der Waals surface area contributed by atoms with E-state index in [1.165, 1.54) is 6.20 Å². The Balaban J connectivity index is 2.19. The number of para-hydroxylation sites is 1. The maximum Gasteiger partial charge on any atom is 0.257 e. The number of carbonyl (C=O) groups is 1. The maximum atomic E-state index is 12.1. The van der Waals surface area contributed by atoms with Crippen molar-refractivity contribution in [3.05, 3.63) is 59.9 Å². The molecule has 20 heavy (non-hydrogen) atoms. The minimum absolute atomic E-state index is 0.191. The van der Waals surface area contributed by atoms with Gasteiger partial charge in [0.15, 0.2) is 0 Å². The Morgan fingerprint density at radius 3 is 2.75 bits per heavy atom. The number of nitrogens with zero attached hydrogens (tertiary/aromatic N) is 3. The van der Waals surface area contributed by atoms with Crippen molar-refractivity contribution in [2.24, 2.45) is 5.10 Å². The number of carbonyl (C=O) groups excluding carboxylic acids is 1. The number of amides is 1. The number of hydrogen-bond acceptors (Lipinski definition) is 4. The zero-order valence-corrected chi connectivity index (χ0v) is 11.4. The van der Waals surface area contributed by atoms with Crippen molar-refractivity contribution >= 4 is 17.8 Å². The molecule has 0 aliphatic heterocycles. The molecule has 0 fully saturated rings. The van der Waals surface area contributed by atoms with Crippen LogP contribution in [0.4, 0.5) is 5.69 Å². The predicted octanol–water partition coefficient (Wildman–Crippen LogP) is 2.23. The molecular weight excluding hydrogens is 252 g/mol. The highest BCUT2D eigenvalue weighted by Crippen LogP contribution is 2.14. The number of pyridine rings is 1.